The van der Waals surface area contributed by atoms with Crippen molar-refractivity contribution in [3.8, 4) is 5.75 Å². The van der Waals surface area contributed by atoms with Crippen LogP contribution in [-0.2, 0) is 9.47 Å². The third-order valence-corrected chi connectivity index (χ3v) is 4.68. The summed E-state index contributed by atoms with van der Waals surface area (Å²) in [7, 11) is 0. The van der Waals surface area contributed by atoms with E-state index in [0.29, 0.717) is 6.61 Å². The quantitative estimate of drug-likeness (QED) is 0.276. The van der Waals surface area contributed by atoms with Crippen molar-refractivity contribution in [1.82, 2.24) is 10.2 Å². The molecule has 2 aliphatic heterocycles. The van der Waals surface area contributed by atoms with Gasteiger partial charge in [0, 0.05) is 39.2 Å². The predicted molar refractivity (Wildman–Crippen MR) is 118 cm³/mol. The lowest BCUT2D eigenvalue weighted by Gasteiger charge is -2.37. The maximum absolute atomic E-state index is 5.94. The zero-order chi connectivity index (χ0) is 18.0. The van der Waals surface area contributed by atoms with E-state index in [0.717, 1.165) is 70.4 Å². The fourth-order valence-corrected chi connectivity index (χ4v) is 3.37. The van der Waals surface area contributed by atoms with Crippen molar-refractivity contribution in [2.75, 3.05) is 46.0 Å². The summed E-state index contributed by atoms with van der Waals surface area (Å²) in [5, 5.41) is 3.41. The SMILES string of the molecule is CCNC(=NCCCOc1ccccc1)N1CCOC(C2CCCO2)C1.I. The number of hydrogen-bond donors (Lipinski definition) is 1. The summed E-state index contributed by atoms with van der Waals surface area (Å²) >= 11 is 0. The van der Waals surface area contributed by atoms with Gasteiger partial charge in [0.25, 0.3) is 0 Å². The molecule has 2 heterocycles. The van der Waals surface area contributed by atoms with Gasteiger partial charge in [-0.05, 0) is 31.9 Å². The molecular formula is C20H32IN3O3. The molecule has 0 bridgehead atoms. The number of aliphatic imine (C=N–C) groups is 1. The van der Waals surface area contributed by atoms with Crippen LogP contribution < -0.4 is 10.1 Å². The monoisotopic (exact) mass is 489 g/mol. The van der Waals surface area contributed by atoms with E-state index in [9.17, 15) is 0 Å². The molecule has 1 N–H and O–H groups in total. The molecule has 7 heteroatoms. The number of nitrogens with one attached hydrogen (secondary N) is 1. The first-order valence-corrected chi connectivity index (χ1v) is 9.81. The number of guanidine groups is 1. The van der Waals surface area contributed by atoms with Gasteiger partial charge >= 0.3 is 0 Å². The first-order valence-electron chi connectivity index (χ1n) is 9.81. The molecular weight excluding hydrogens is 457 g/mol. The second-order valence-corrected chi connectivity index (χ2v) is 6.66. The lowest BCUT2D eigenvalue weighted by Crippen LogP contribution is -2.53. The lowest BCUT2D eigenvalue weighted by molar-refractivity contribution is -0.0817. The van der Waals surface area contributed by atoms with Gasteiger partial charge in [-0.15, -0.1) is 24.0 Å². The second-order valence-electron chi connectivity index (χ2n) is 6.66. The Labute approximate surface area is 179 Å². The van der Waals surface area contributed by atoms with E-state index >= 15 is 0 Å². The fourth-order valence-electron chi connectivity index (χ4n) is 3.37. The normalized spacial score (nSPS) is 23.0. The number of para-hydroxylation sites is 1. The summed E-state index contributed by atoms with van der Waals surface area (Å²) in [6.45, 7) is 7.69. The van der Waals surface area contributed by atoms with E-state index in [2.05, 4.69) is 17.1 Å². The average molecular weight is 489 g/mol. The molecule has 2 atom stereocenters. The highest BCUT2D eigenvalue weighted by Gasteiger charge is 2.32. The van der Waals surface area contributed by atoms with E-state index in [1.54, 1.807) is 0 Å². The van der Waals surface area contributed by atoms with Crippen LogP contribution in [-0.4, -0.2) is 69.1 Å². The zero-order valence-corrected chi connectivity index (χ0v) is 18.5. The van der Waals surface area contributed by atoms with E-state index in [4.69, 9.17) is 19.2 Å². The predicted octanol–water partition coefficient (Wildman–Crippen LogP) is 2.92. The van der Waals surface area contributed by atoms with Crippen molar-refractivity contribution in [2.45, 2.75) is 38.4 Å². The summed E-state index contributed by atoms with van der Waals surface area (Å²) in [4.78, 5) is 7.09. The number of rotatable bonds is 7. The average Bonchev–Trinajstić information content (AvgIpc) is 3.23. The highest BCUT2D eigenvalue weighted by molar-refractivity contribution is 14.0. The number of morpholine rings is 1. The summed E-state index contributed by atoms with van der Waals surface area (Å²) in [6.07, 6.45) is 3.52. The smallest absolute Gasteiger partial charge is 0.194 e. The van der Waals surface area contributed by atoms with Gasteiger partial charge in [-0.25, -0.2) is 0 Å². The molecule has 3 rings (SSSR count). The number of nitrogens with zero attached hydrogens (tertiary/aromatic N) is 2. The molecule has 0 spiro atoms. The third kappa shape index (κ3) is 7.12. The molecule has 2 fully saturated rings. The Bertz CT molecular complexity index is 553. The Hall–Kier alpha value is -1.06. The van der Waals surface area contributed by atoms with Crippen LogP contribution in [0, 0.1) is 0 Å². The van der Waals surface area contributed by atoms with Gasteiger partial charge in [0.05, 0.1) is 19.3 Å². The molecule has 2 unspecified atom stereocenters. The van der Waals surface area contributed by atoms with Crippen LogP contribution in [0.25, 0.3) is 0 Å². The third-order valence-electron chi connectivity index (χ3n) is 4.68. The molecule has 0 aliphatic carbocycles. The summed E-state index contributed by atoms with van der Waals surface area (Å²) in [6, 6.07) is 9.92. The molecule has 27 heavy (non-hydrogen) atoms. The largest absolute Gasteiger partial charge is 0.494 e. The molecule has 1 aromatic rings. The Morgan fingerprint density at radius 3 is 2.78 bits per heavy atom. The van der Waals surface area contributed by atoms with Crippen LogP contribution in [0.3, 0.4) is 0 Å². The Morgan fingerprint density at radius 1 is 1.22 bits per heavy atom. The standard InChI is InChI=1S/C20H31N3O3.HI/c1-2-21-20(22-11-7-14-24-17-8-4-3-5-9-17)23-12-15-26-19(16-23)18-10-6-13-25-18;/h3-5,8-9,18-19H,2,6-7,10-16H2,1H3,(H,21,22);1H. The van der Waals surface area contributed by atoms with Crippen LogP contribution in [0.4, 0.5) is 0 Å². The highest BCUT2D eigenvalue weighted by Crippen LogP contribution is 2.21. The molecule has 2 aliphatic rings. The van der Waals surface area contributed by atoms with Gasteiger partial charge in [-0.3, -0.25) is 4.99 Å². The van der Waals surface area contributed by atoms with Crippen molar-refractivity contribution in [3.63, 3.8) is 0 Å². The minimum Gasteiger partial charge on any atom is -0.494 e. The minimum absolute atomic E-state index is 0. The Balaban J connectivity index is 0.00000261. The molecule has 6 nitrogen and oxygen atoms in total. The van der Waals surface area contributed by atoms with Gasteiger partial charge in [-0.2, -0.15) is 0 Å². The van der Waals surface area contributed by atoms with Crippen molar-refractivity contribution < 1.29 is 14.2 Å². The maximum Gasteiger partial charge on any atom is 0.194 e. The van der Waals surface area contributed by atoms with Crippen LogP contribution in [0.2, 0.25) is 0 Å². The topological polar surface area (TPSA) is 55.3 Å². The van der Waals surface area contributed by atoms with Gasteiger partial charge < -0.3 is 24.4 Å². The molecule has 1 aromatic carbocycles. The molecule has 2 saturated heterocycles. The molecule has 0 amide bonds. The van der Waals surface area contributed by atoms with E-state index in [-0.39, 0.29) is 36.2 Å². The van der Waals surface area contributed by atoms with Gasteiger partial charge in [0.1, 0.15) is 11.9 Å². The second kappa shape index (κ2) is 12.4. The summed E-state index contributed by atoms with van der Waals surface area (Å²) in [5.74, 6) is 1.88. The van der Waals surface area contributed by atoms with E-state index in [1.165, 1.54) is 0 Å². The Morgan fingerprint density at radius 2 is 2.04 bits per heavy atom. The number of hydrogen-bond acceptors (Lipinski definition) is 4. The van der Waals surface area contributed by atoms with Crippen molar-refractivity contribution in [2.24, 2.45) is 4.99 Å². The van der Waals surface area contributed by atoms with Gasteiger partial charge in [0.15, 0.2) is 5.96 Å². The van der Waals surface area contributed by atoms with Crippen LogP contribution in [0.5, 0.6) is 5.75 Å². The summed E-state index contributed by atoms with van der Waals surface area (Å²) in [5.41, 5.74) is 0. The van der Waals surface area contributed by atoms with Gasteiger partial charge in [-0.1, -0.05) is 18.2 Å². The fraction of sp³-hybridized carbons (Fsp3) is 0.650. The molecule has 152 valence electrons. The lowest BCUT2D eigenvalue weighted by atomic mass is 10.1. The number of benzene rings is 1. The van der Waals surface area contributed by atoms with Crippen LogP contribution >= 0.6 is 24.0 Å². The van der Waals surface area contributed by atoms with Gasteiger partial charge in [0.2, 0.25) is 0 Å². The first-order chi connectivity index (χ1) is 12.9. The minimum atomic E-state index is 0. The molecule has 0 aromatic heterocycles. The first kappa shape index (κ1) is 22.2. The van der Waals surface area contributed by atoms with Crippen molar-refractivity contribution in [1.29, 1.82) is 0 Å². The molecule has 0 radical (unpaired) electrons. The van der Waals surface area contributed by atoms with Crippen LogP contribution in [0.1, 0.15) is 26.2 Å². The van der Waals surface area contributed by atoms with Crippen molar-refractivity contribution >= 4 is 29.9 Å². The van der Waals surface area contributed by atoms with E-state index < -0.39 is 0 Å². The van der Waals surface area contributed by atoms with Crippen molar-refractivity contribution in [3.05, 3.63) is 30.3 Å². The zero-order valence-electron chi connectivity index (χ0n) is 16.1. The summed E-state index contributed by atoms with van der Waals surface area (Å²) < 4.78 is 17.5. The number of ether oxygens (including phenoxy) is 3. The van der Waals surface area contributed by atoms with Crippen LogP contribution in [0.15, 0.2) is 35.3 Å². The number of halogens is 1. The Kier molecular flexibility index (Phi) is 10.2. The van der Waals surface area contributed by atoms with E-state index in [1.807, 2.05) is 30.3 Å². The maximum atomic E-state index is 5.94. The highest BCUT2D eigenvalue weighted by atomic mass is 127. The molecule has 0 saturated carbocycles.